The van der Waals surface area contributed by atoms with E-state index in [1.54, 1.807) is 23.1 Å². The molecule has 1 unspecified atom stereocenters. The number of hydrogen-bond donors (Lipinski definition) is 2. The van der Waals surface area contributed by atoms with Crippen LogP contribution in [0.3, 0.4) is 0 Å². The molecular weight excluding hydrogens is 240 g/mol. The van der Waals surface area contributed by atoms with Gasteiger partial charge in [-0.25, -0.2) is 4.98 Å². The lowest BCUT2D eigenvalue weighted by molar-refractivity contribution is 0.239. The zero-order chi connectivity index (χ0) is 11.4. The van der Waals surface area contributed by atoms with E-state index < -0.39 is 0 Å². The number of aliphatic hydroxyl groups is 1. The van der Waals surface area contributed by atoms with Gasteiger partial charge in [-0.1, -0.05) is 11.8 Å². The predicted molar refractivity (Wildman–Crippen MR) is 69.2 cm³/mol. The van der Waals surface area contributed by atoms with Crippen LogP contribution in [-0.2, 0) is 0 Å². The number of rotatable bonds is 7. The van der Waals surface area contributed by atoms with E-state index in [9.17, 15) is 5.11 Å². The third-order valence-electron chi connectivity index (χ3n) is 2.56. The topological polar surface area (TPSA) is 45.1 Å². The normalized spacial score (nSPS) is 17.6. The number of thiazole rings is 1. The lowest BCUT2D eigenvalue weighted by Crippen LogP contribution is -2.34. The van der Waals surface area contributed by atoms with Gasteiger partial charge in [0.15, 0.2) is 0 Å². The molecule has 1 fully saturated rings. The van der Waals surface area contributed by atoms with Gasteiger partial charge < -0.3 is 10.4 Å². The molecule has 2 N–H and O–H groups in total. The van der Waals surface area contributed by atoms with Crippen molar-refractivity contribution < 1.29 is 5.11 Å². The first-order valence-corrected chi connectivity index (χ1v) is 7.56. The van der Waals surface area contributed by atoms with Crippen molar-refractivity contribution in [3.05, 3.63) is 11.1 Å². The molecule has 1 aliphatic carbocycles. The smallest absolute Gasteiger partial charge is 0.150 e. The predicted octanol–water partition coefficient (Wildman–Crippen LogP) is 2.05. The van der Waals surface area contributed by atoms with E-state index in [2.05, 4.69) is 15.7 Å². The molecule has 1 aromatic rings. The molecule has 0 saturated heterocycles. The minimum atomic E-state index is 0.244. The van der Waals surface area contributed by atoms with E-state index in [0.29, 0.717) is 6.04 Å². The number of aryl methyl sites for hydroxylation is 1. The molecule has 0 radical (unpaired) electrons. The summed E-state index contributed by atoms with van der Waals surface area (Å²) in [5.41, 5.74) is 1.10. The summed E-state index contributed by atoms with van der Waals surface area (Å²) in [6.45, 7) is 2.26. The van der Waals surface area contributed by atoms with Crippen molar-refractivity contribution in [3.8, 4) is 0 Å². The van der Waals surface area contributed by atoms with Gasteiger partial charge in [-0.2, -0.15) is 0 Å². The summed E-state index contributed by atoms with van der Waals surface area (Å²) in [5, 5.41) is 14.7. The second-order valence-electron chi connectivity index (χ2n) is 4.21. The fourth-order valence-electron chi connectivity index (χ4n) is 1.50. The van der Waals surface area contributed by atoms with Gasteiger partial charge in [-0.3, -0.25) is 0 Å². The second kappa shape index (κ2) is 6.00. The van der Waals surface area contributed by atoms with Gasteiger partial charge >= 0.3 is 0 Å². The second-order valence-corrected chi connectivity index (χ2v) is 6.41. The number of hydrogen-bond acceptors (Lipinski definition) is 5. The number of thioether (sulfide) groups is 1. The van der Waals surface area contributed by atoms with E-state index in [0.717, 1.165) is 22.2 Å². The maximum absolute atomic E-state index is 9.22. The maximum atomic E-state index is 9.22. The van der Waals surface area contributed by atoms with Crippen LogP contribution in [0.5, 0.6) is 0 Å². The highest BCUT2D eigenvalue weighted by Gasteiger charge is 2.23. The van der Waals surface area contributed by atoms with Gasteiger partial charge in [-0.05, 0) is 26.2 Å². The van der Waals surface area contributed by atoms with Crippen LogP contribution in [0.1, 0.15) is 25.0 Å². The molecule has 1 heterocycles. The van der Waals surface area contributed by atoms with Crippen molar-refractivity contribution in [2.24, 2.45) is 0 Å². The summed E-state index contributed by atoms with van der Waals surface area (Å²) < 4.78 is 1.14. The van der Waals surface area contributed by atoms with Gasteiger partial charge in [0, 0.05) is 28.9 Å². The van der Waals surface area contributed by atoms with Crippen LogP contribution in [0.4, 0.5) is 0 Å². The third kappa shape index (κ3) is 4.05. The van der Waals surface area contributed by atoms with E-state index >= 15 is 0 Å². The summed E-state index contributed by atoms with van der Waals surface area (Å²) >= 11 is 3.49. The first-order chi connectivity index (χ1) is 7.78. The zero-order valence-corrected chi connectivity index (χ0v) is 11.1. The Morgan fingerprint density at radius 3 is 3.06 bits per heavy atom. The number of aromatic nitrogens is 1. The van der Waals surface area contributed by atoms with Crippen molar-refractivity contribution in [2.45, 2.75) is 42.6 Å². The van der Waals surface area contributed by atoms with Crippen molar-refractivity contribution in [1.29, 1.82) is 0 Å². The van der Waals surface area contributed by atoms with Crippen LogP contribution in [0, 0.1) is 6.92 Å². The average Bonchev–Trinajstić information content (AvgIpc) is 3.00. The summed E-state index contributed by atoms with van der Waals surface area (Å²) in [6.07, 6.45) is 3.56. The van der Waals surface area contributed by atoms with Gasteiger partial charge in [0.2, 0.25) is 0 Å². The van der Waals surface area contributed by atoms with Crippen molar-refractivity contribution >= 4 is 23.1 Å². The standard InChI is InChI=1S/C11H18N2OS2/c1-8-7-16-11(12-8)15-5-4-10(6-14)13-9-2-3-9/h7,9-10,13-14H,2-6H2,1H3. The van der Waals surface area contributed by atoms with Crippen LogP contribution in [0.25, 0.3) is 0 Å². The quantitative estimate of drug-likeness (QED) is 0.735. The average molecular weight is 258 g/mol. The summed E-state index contributed by atoms with van der Waals surface area (Å²) in [7, 11) is 0. The highest BCUT2D eigenvalue weighted by atomic mass is 32.2. The van der Waals surface area contributed by atoms with Crippen LogP contribution in [-0.4, -0.2) is 34.5 Å². The lowest BCUT2D eigenvalue weighted by Gasteiger charge is -2.14. The molecule has 16 heavy (non-hydrogen) atoms. The van der Waals surface area contributed by atoms with Crippen LogP contribution < -0.4 is 5.32 Å². The number of aliphatic hydroxyl groups excluding tert-OH is 1. The SMILES string of the molecule is Cc1csc(SCCC(CO)NC2CC2)n1. The fourth-order valence-corrected chi connectivity index (χ4v) is 3.47. The summed E-state index contributed by atoms with van der Waals surface area (Å²) in [5.74, 6) is 1.03. The zero-order valence-electron chi connectivity index (χ0n) is 9.48. The van der Waals surface area contributed by atoms with Gasteiger partial charge in [-0.15, -0.1) is 11.3 Å². The molecule has 1 aliphatic rings. The largest absolute Gasteiger partial charge is 0.395 e. The molecule has 0 spiro atoms. The first-order valence-electron chi connectivity index (χ1n) is 5.70. The Labute approximate surface area is 105 Å². The molecule has 0 amide bonds. The van der Waals surface area contributed by atoms with E-state index in [1.165, 1.54) is 12.8 Å². The molecule has 0 aliphatic heterocycles. The van der Waals surface area contributed by atoms with Crippen molar-refractivity contribution in [2.75, 3.05) is 12.4 Å². The van der Waals surface area contributed by atoms with E-state index in [4.69, 9.17) is 0 Å². The minimum absolute atomic E-state index is 0.244. The minimum Gasteiger partial charge on any atom is -0.395 e. The molecule has 1 aromatic heterocycles. The lowest BCUT2D eigenvalue weighted by atomic mass is 10.2. The third-order valence-corrected chi connectivity index (χ3v) is 4.73. The van der Waals surface area contributed by atoms with Gasteiger partial charge in [0.05, 0.1) is 6.61 Å². The summed E-state index contributed by atoms with van der Waals surface area (Å²) in [4.78, 5) is 4.41. The maximum Gasteiger partial charge on any atom is 0.150 e. The Balaban J connectivity index is 1.65. The molecule has 2 rings (SSSR count). The Hall–Kier alpha value is -0.100. The van der Waals surface area contributed by atoms with Gasteiger partial charge in [0.1, 0.15) is 4.34 Å². The Morgan fingerprint density at radius 2 is 2.50 bits per heavy atom. The molecule has 5 heteroatoms. The van der Waals surface area contributed by atoms with Crippen molar-refractivity contribution in [1.82, 2.24) is 10.3 Å². The molecule has 1 atom stereocenters. The van der Waals surface area contributed by atoms with E-state index in [1.807, 2.05) is 6.92 Å². The Kier molecular flexibility index (Phi) is 4.64. The summed E-state index contributed by atoms with van der Waals surface area (Å²) in [6, 6.07) is 0.935. The molecule has 1 saturated carbocycles. The molecular formula is C11H18N2OS2. The molecule has 0 bridgehead atoms. The highest BCUT2D eigenvalue weighted by molar-refractivity contribution is 8.01. The van der Waals surface area contributed by atoms with Crippen molar-refractivity contribution in [3.63, 3.8) is 0 Å². The molecule has 90 valence electrons. The first kappa shape index (κ1) is 12.4. The monoisotopic (exact) mass is 258 g/mol. The van der Waals surface area contributed by atoms with Gasteiger partial charge in [0.25, 0.3) is 0 Å². The number of nitrogens with one attached hydrogen (secondary N) is 1. The molecule has 3 nitrogen and oxygen atoms in total. The Bertz CT molecular complexity index is 326. The number of nitrogens with zero attached hydrogens (tertiary/aromatic N) is 1. The highest BCUT2D eigenvalue weighted by Crippen LogP contribution is 2.24. The van der Waals surface area contributed by atoms with Crippen LogP contribution in [0.2, 0.25) is 0 Å². The Morgan fingerprint density at radius 1 is 1.69 bits per heavy atom. The van der Waals surface area contributed by atoms with Crippen LogP contribution >= 0.6 is 23.1 Å². The van der Waals surface area contributed by atoms with E-state index in [-0.39, 0.29) is 12.6 Å². The fraction of sp³-hybridized carbons (Fsp3) is 0.727. The molecule has 0 aromatic carbocycles. The van der Waals surface area contributed by atoms with Crippen LogP contribution in [0.15, 0.2) is 9.72 Å².